The van der Waals surface area contributed by atoms with Gasteiger partial charge in [-0.2, -0.15) is 0 Å². The molecule has 1 amide bonds. The van der Waals surface area contributed by atoms with Gasteiger partial charge in [0, 0.05) is 24.9 Å². The highest BCUT2D eigenvalue weighted by Crippen LogP contribution is 2.38. The Hall–Kier alpha value is -1.71. The largest absolute Gasteiger partial charge is 0.490 e. The highest BCUT2D eigenvalue weighted by Gasteiger charge is 2.45. The van der Waals surface area contributed by atoms with Crippen LogP contribution in [0.5, 0.6) is 5.75 Å². The molecular weight excluding hydrogens is 278 g/mol. The van der Waals surface area contributed by atoms with E-state index in [0.29, 0.717) is 0 Å². The van der Waals surface area contributed by atoms with E-state index >= 15 is 0 Å². The van der Waals surface area contributed by atoms with Crippen molar-refractivity contribution in [3.8, 4) is 5.75 Å². The van der Waals surface area contributed by atoms with Gasteiger partial charge in [0.05, 0.1) is 0 Å². The molecule has 22 heavy (non-hydrogen) atoms. The van der Waals surface area contributed by atoms with Gasteiger partial charge in [-0.25, -0.2) is 4.79 Å². The van der Waals surface area contributed by atoms with Crippen LogP contribution in [0.25, 0.3) is 0 Å². The maximum Gasteiger partial charge on any atom is 0.410 e. The van der Waals surface area contributed by atoms with E-state index in [1.165, 1.54) is 0 Å². The van der Waals surface area contributed by atoms with Crippen LogP contribution >= 0.6 is 0 Å². The Bertz CT molecular complexity index is 509. The normalized spacial score (nSPS) is 27.6. The number of carbonyl (C=O) groups excluding carboxylic acids is 1. The molecule has 2 aliphatic heterocycles. The summed E-state index contributed by atoms with van der Waals surface area (Å²) < 4.78 is 11.6. The quantitative estimate of drug-likeness (QED) is 0.829. The lowest BCUT2D eigenvalue weighted by atomic mass is 10.00. The fourth-order valence-electron chi connectivity index (χ4n) is 3.53. The number of hydrogen-bond acceptors (Lipinski definition) is 3. The summed E-state index contributed by atoms with van der Waals surface area (Å²) in [7, 11) is 0. The van der Waals surface area contributed by atoms with Crippen LogP contribution in [0.15, 0.2) is 30.3 Å². The molecule has 2 heterocycles. The Labute approximate surface area is 132 Å². The second-order valence-electron chi connectivity index (χ2n) is 7.30. The van der Waals surface area contributed by atoms with Crippen molar-refractivity contribution >= 4 is 6.09 Å². The summed E-state index contributed by atoms with van der Waals surface area (Å²) >= 11 is 0. The zero-order valence-electron chi connectivity index (χ0n) is 13.6. The molecule has 4 heteroatoms. The molecule has 0 unspecified atom stereocenters. The molecule has 0 aliphatic carbocycles. The van der Waals surface area contributed by atoms with Crippen LogP contribution in [0.2, 0.25) is 0 Å². The summed E-state index contributed by atoms with van der Waals surface area (Å²) in [6, 6.07) is 10.4. The van der Waals surface area contributed by atoms with E-state index in [-0.39, 0.29) is 24.3 Å². The van der Waals surface area contributed by atoms with Crippen molar-refractivity contribution in [3.05, 3.63) is 30.3 Å². The Morgan fingerprint density at radius 1 is 1.09 bits per heavy atom. The molecule has 0 saturated carbocycles. The number of carbonyl (C=O) groups is 1. The fourth-order valence-corrected chi connectivity index (χ4v) is 3.53. The molecule has 3 rings (SSSR count). The first-order valence-electron chi connectivity index (χ1n) is 8.15. The van der Waals surface area contributed by atoms with Crippen LogP contribution < -0.4 is 4.74 Å². The van der Waals surface area contributed by atoms with Crippen LogP contribution in [0.3, 0.4) is 0 Å². The number of hydrogen-bond donors (Lipinski definition) is 0. The van der Waals surface area contributed by atoms with Gasteiger partial charge in [0.2, 0.25) is 0 Å². The smallest absolute Gasteiger partial charge is 0.410 e. The van der Waals surface area contributed by atoms with Crippen LogP contribution in [-0.2, 0) is 4.74 Å². The molecule has 1 aromatic carbocycles. The van der Waals surface area contributed by atoms with Crippen molar-refractivity contribution in [3.63, 3.8) is 0 Å². The first-order valence-corrected chi connectivity index (χ1v) is 8.15. The molecule has 0 spiro atoms. The number of rotatable bonds is 2. The lowest BCUT2D eigenvalue weighted by molar-refractivity contribution is -0.00707. The van der Waals surface area contributed by atoms with E-state index in [4.69, 9.17) is 9.47 Å². The Morgan fingerprint density at radius 3 is 2.23 bits per heavy atom. The maximum atomic E-state index is 12.4. The molecule has 2 saturated heterocycles. The Kier molecular flexibility index (Phi) is 4.02. The zero-order valence-corrected chi connectivity index (χ0v) is 13.6. The average Bonchev–Trinajstić information content (AvgIpc) is 2.70. The molecule has 2 fully saturated rings. The van der Waals surface area contributed by atoms with Crippen molar-refractivity contribution in [2.75, 3.05) is 0 Å². The minimum atomic E-state index is -0.437. The van der Waals surface area contributed by atoms with Gasteiger partial charge in [0.15, 0.2) is 0 Å². The first kappa shape index (κ1) is 15.2. The van der Waals surface area contributed by atoms with Gasteiger partial charge >= 0.3 is 6.09 Å². The zero-order chi connectivity index (χ0) is 15.7. The predicted molar refractivity (Wildman–Crippen MR) is 85.0 cm³/mol. The minimum Gasteiger partial charge on any atom is -0.490 e. The standard InChI is InChI=1S/C18H25NO3/c1-18(2,3)22-17(20)19-13-9-10-14(19)12-16(11-13)21-15-7-5-4-6-8-15/h4-8,13-14,16H,9-12H2,1-3H3/t13-,14+,16+. The topological polar surface area (TPSA) is 38.8 Å². The third-order valence-corrected chi connectivity index (χ3v) is 4.34. The lowest BCUT2D eigenvalue weighted by Crippen LogP contribution is -2.50. The molecule has 1 aromatic rings. The summed E-state index contributed by atoms with van der Waals surface area (Å²) in [5, 5.41) is 0. The van der Waals surface area contributed by atoms with Crippen LogP contribution in [0.4, 0.5) is 4.79 Å². The molecule has 2 aliphatic rings. The van der Waals surface area contributed by atoms with Gasteiger partial charge in [-0.05, 0) is 45.7 Å². The van der Waals surface area contributed by atoms with E-state index in [1.807, 2.05) is 56.0 Å². The molecule has 0 radical (unpaired) electrons. The third kappa shape index (κ3) is 3.37. The molecule has 0 N–H and O–H groups in total. The molecule has 120 valence electrons. The third-order valence-electron chi connectivity index (χ3n) is 4.34. The minimum absolute atomic E-state index is 0.168. The SMILES string of the molecule is CC(C)(C)OC(=O)N1[C@@H]2CC[C@H]1C[C@@H](Oc1ccccc1)C2. The van der Waals surface area contributed by atoms with Crippen molar-refractivity contribution in [1.82, 2.24) is 4.90 Å². The van der Waals surface area contributed by atoms with E-state index < -0.39 is 5.60 Å². The van der Waals surface area contributed by atoms with E-state index in [2.05, 4.69) is 0 Å². The average molecular weight is 303 g/mol. The predicted octanol–water partition coefficient (Wildman–Crippen LogP) is 4.00. The van der Waals surface area contributed by atoms with Gasteiger partial charge in [-0.15, -0.1) is 0 Å². The first-order chi connectivity index (χ1) is 10.4. The second kappa shape index (κ2) is 5.82. The summed E-state index contributed by atoms with van der Waals surface area (Å²) in [6.45, 7) is 5.74. The van der Waals surface area contributed by atoms with E-state index in [1.54, 1.807) is 0 Å². The summed E-state index contributed by atoms with van der Waals surface area (Å²) in [5.74, 6) is 0.914. The van der Waals surface area contributed by atoms with Gasteiger partial charge in [0.25, 0.3) is 0 Å². The maximum absolute atomic E-state index is 12.4. The summed E-state index contributed by atoms with van der Waals surface area (Å²) in [5.41, 5.74) is -0.437. The van der Waals surface area contributed by atoms with Gasteiger partial charge in [0.1, 0.15) is 17.5 Å². The highest BCUT2D eigenvalue weighted by atomic mass is 16.6. The highest BCUT2D eigenvalue weighted by molar-refractivity contribution is 5.69. The molecule has 2 bridgehead atoms. The van der Waals surface area contributed by atoms with Crippen molar-refractivity contribution in [2.45, 2.75) is 70.2 Å². The van der Waals surface area contributed by atoms with Crippen molar-refractivity contribution < 1.29 is 14.3 Å². The van der Waals surface area contributed by atoms with Crippen LogP contribution in [-0.4, -0.2) is 34.8 Å². The number of benzene rings is 1. The number of fused-ring (bicyclic) bond motifs is 2. The number of ether oxygens (including phenoxy) is 2. The van der Waals surface area contributed by atoms with Gasteiger partial charge in [-0.3, -0.25) is 0 Å². The number of nitrogens with zero attached hydrogens (tertiary/aromatic N) is 1. The Morgan fingerprint density at radius 2 is 1.68 bits per heavy atom. The molecule has 4 nitrogen and oxygen atoms in total. The fraction of sp³-hybridized carbons (Fsp3) is 0.611. The Balaban J connectivity index is 1.63. The number of piperidine rings is 1. The van der Waals surface area contributed by atoms with Crippen molar-refractivity contribution in [2.24, 2.45) is 0 Å². The summed E-state index contributed by atoms with van der Waals surface area (Å²) in [4.78, 5) is 14.4. The second-order valence-corrected chi connectivity index (χ2v) is 7.30. The van der Waals surface area contributed by atoms with E-state index in [0.717, 1.165) is 31.4 Å². The summed E-state index contributed by atoms with van der Waals surface area (Å²) in [6.07, 6.45) is 3.92. The number of para-hydroxylation sites is 1. The van der Waals surface area contributed by atoms with E-state index in [9.17, 15) is 4.79 Å². The molecule has 3 atom stereocenters. The lowest BCUT2D eigenvalue weighted by Gasteiger charge is -2.39. The van der Waals surface area contributed by atoms with Crippen LogP contribution in [0, 0.1) is 0 Å². The molecular formula is C18H25NO3. The molecule has 0 aromatic heterocycles. The van der Waals surface area contributed by atoms with Crippen LogP contribution in [0.1, 0.15) is 46.5 Å². The van der Waals surface area contributed by atoms with Gasteiger partial charge < -0.3 is 14.4 Å². The monoisotopic (exact) mass is 303 g/mol. The van der Waals surface area contributed by atoms with Crippen molar-refractivity contribution in [1.29, 1.82) is 0 Å². The van der Waals surface area contributed by atoms with Gasteiger partial charge in [-0.1, -0.05) is 18.2 Å². The number of amides is 1.